The van der Waals surface area contributed by atoms with Crippen LogP contribution < -0.4 is 15.8 Å². The number of rotatable bonds is 4. The molecular weight excluding hydrogens is 376 g/mol. The highest BCUT2D eigenvalue weighted by molar-refractivity contribution is 6.32. The number of aromatic nitrogens is 2. The van der Waals surface area contributed by atoms with Crippen molar-refractivity contribution in [3.63, 3.8) is 0 Å². The van der Waals surface area contributed by atoms with Gasteiger partial charge in [0.1, 0.15) is 11.4 Å². The van der Waals surface area contributed by atoms with Crippen LogP contribution in [0.3, 0.4) is 0 Å². The van der Waals surface area contributed by atoms with Crippen LogP contribution in [-0.2, 0) is 0 Å². The Morgan fingerprint density at radius 2 is 1.61 bits per heavy atom. The van der Waals surface area contributed by atoms with E-state index < -0.39 is 0 Å². The predicted molar refractivity (Wildman–Crippen MR) is 107 cm³/mol. The van der Waals surface area contributed by atoms with Gasteiger partial charge in [0.15, 0.2) is 5.15 Å². The third kappa shape index (κ3) is 3.96. The molecule has 0 aliphatic rings. The number of hydrogen-bond acceptors (Lipinski definition) is 7. The molecule has 0 aliphatic carbocycles. The van der Waals surface area contributed by atoms with E-state index in [0.717, 1.165) is 11.1 Å². The highest BCUT2D eigenvalue weighted by atomic mass is 35.5. The van der Waals surface area contributed by atoms with E-state index in [1.807, 2.05) is 13.8 Å². The van der Waals surface area contributed by atoms with Crippen molar-refractivity contribution in [2.24, 2.45) is 0 Å². The van der Waals surface area contributed by atoms with Gasteiger partial charge in [0, 0.05) is 5.69 Å². The van der Waals surface area contributed by atoms with E-state index >= 15 is 0 Å². The molecule has 0 unspecified atom stereocenters. The minimum atomic E-state index is 0.0464. The fourth-order valence-corrected chi connectivity index (χ4v) is 2.75. The molecule has 1 heterocycles. The Morgan fingerprint density at radius 3 is 2.18 bits per heavy atom. The van der Waals surface area contributed by atoms with Crippen LogP contribution in [0, 0.1) is 36.5 Å². The monoisotopic (exact) mass is 390 g/mol. The molecule has 3 N–H and O–H groups in total. The molecule has 0 spiro atoms. The largest absolute Gasteiger partial charge is 0.436 e. The first kappa shape index (κ1) is 19.0. The normalized spacial score (nSPS) is 10.0. The van der Waals surface area contributed by atoms with Crippen molar-refractivity contribution in [2.45, 2.75) is 13.8 Å². The van der Waals surface area contributed by atoms with Gasteiger partial charge in [-0.2, -0.15) is 20.5 Å². The summed E-state index contributed by atoms with van der Waals surface area (Å²) in [5.41, 5.74) is 9.39. The zero-order valence-corrected chi connectivity index (χ0v) is 15.9. The second-order valence-corrected chi connectivity index (χ2v) is 6.38. The maximum Gasteiger partial charge on any atom is 0.249 e. The Kier molecular flexibility index (Phi) is 5.30. The maximum absolute atomic E-state index is 9.08. The van der Waals surface area contributed by atoms with Crippen molar-refractivity contribution in [1.82, 2.24) is 9.97 Å². The molecule has 0 bridgehead atoms. The minimum absolute atomic E-state index is 0.0464. The van der Waals surface area contributed by atoms with Gasteiger partial charge in [-0.25, -0.2) is 0 Å². The molecule has 3 aromatic rings. The number of nitrogens with two attached hydrogens (primary N) is 1. The van der Waals surface area contributed by atoms with E-state index in [-0.39, 0.29) is 22.7 Å². The van der Waals surface area contributed by atoms with E-state index in [9.17, 15) is 0 Å². The smallest absolute Gasteiger partial charge is 0.249 e. The topological polar surface area (TPSA) is 121 Å². The fourth-order valence-electron chi connectivity index (χ4n) is 2.59. The summed E-state index contributed by atoms with van der Waals surface area (Å²) in [6.45, 7) is 3.66. The van der Waals surface area contributed by atoms with Crippen LogP contribution in [0.2, 0.25) is 5.15 Å². The summed E-state index contributed by atoms with van der Waals surface area (Å²) in [4.78, 5) is 8.42. The molecule has 138 valence electrons. The summed E-state index contributed by atoms with van der Waals surface area (Å²) in [6.07, 6.45) is 0. The molecule has 0 radical (unpaired) electrons. The molecule has 28 heavy (non-hydrogen) atoms. The van der Waals surface area contributed by atoms with E-state index in [1.165, 1.54) is 0 Å². The maximum atomic E-state index is 9.08. The average Bonchev–Trinajstić information content (AvgIpc) is 2.68. The van der Waals surface area contributed by atoms with Gasteiger partial charge < -0.3 is 15.8 Å². The summed E-state index contributed by atoms with van der Waals surface area (Å²) in [5.74, 6) is 0.847. The van der Waals surface area contributed by atoms with E-state index in [0.29, 0.717) is 22.6 Å². The number of nitrogens with one attached hydrogen (secondary N) is 1. The van der Waals surface area contributed by atoms with Crippen molar-refractivity contribution in [3.8, 4) is 23.8 Å². The summed E-state index contributed by atoms with van der Waals surface area (Å²) in [7, 11) is 0. The average molecular weight is 391 g/mol. The standard InChI is InChI=1S/C20H15ClN6O/c1-11-7-14(10-23)8-12(2)17(11)28-19-16(24)18(21)26-20(27-19)25-15-5-3-13(9-22)4-6-15/h3-8H,24H2,1-2H3,(H,25,26,27). The number of nitrogens with zero attached hydrogens (tertiary/aromatic N) is 4. The Labute approximate surface area is 167 Å². The van der Waals surface area contributed by atoms with Gasteiger partial charge in [-0.1, -0.05) is 11.6 Å². The van der Waals surface area contributed by atoms with Crippen molar-refractivity contribution in [1.29, 1.82) is 10.5 Å². The summed E-state index contributed by atoms with van der Waals surface area (Å²) >= 11 is 6.14. The number of aryl methyl sites for hydroxylation is 2. The summed E-state index contributed by atoms with van der Waals surface area (Å²) in [6, 6.07) is 14.4. The van der Waals surface area contributed by atoms with Crippen LogP contribution in [0.1, 0.15) is 22.3 Å². The van der Waals surface area contributed by atoms with Crippen molar-refractivity contribution in [3.05, 3.63) is 63.8 Å². The quantitative estimate of drug-likeness (QED) is 0.624. The second kappa shape index (κ2) is 7.83. The van der Waals surface area contributed by atoms with Crippen LogP contribution >= 0.6 is 11.6 Å². The van der Waals surface area contributed by atoms with Crippen molar-refractivity contribution < 1.29 is 4.74 Å². The fraction of sp³-hybridized carbons (Fsp3) is 0.100. The van der Waals surface area contributed by atoms with Crippen LogP contribution in [0.25, 0.3) is 0 Å². The lowest BCUT2D eigenvalue weighted by Crippen LogP contribution is -2.04. The molecular formula is C20H15ClN6O. The first-order chi connectivity index (χ1) is 13.4. The lowest BCUT2D eigenvalue weighted by atomic mass is 10.1. The van der Waals surface area contributed by atoms with Crippen LogP contribution in [0.5, 0.6) is 11.6 Å². The SMILES string of the molecule is Cc1cc(C#N)cc(C)c1Oc1nc(Nc2ccc(C#N)cc2)nc(Cl)c1N. The number of benzene rings is 2. The second-order valence-electron chi connectivity index (χ2n) is 6.02. The molecule has 0 atom stereocenters. The van der Waals surface area contributed by atoms with E-state index in [2.05, 4.69) is 27.4 Å². The lowest BCUT2D eigenvalue weighted by molar-refractivity contribution is 0.458. The first-order valence-corrected chi connectivity index (χ1v) is 8.58. The third-order valence-corrected chi connectivity index (χ3v) is 4.21. The number of hydrogen-bond donors (Lipinski definition) is 2. The zero-order chi connectivity index (χ0) is 20.3. The van der Waals surface area contributed by atoms with Gasteiger partial charge in [-0.15, -0.1) is 0 Å². The van der Waals surface area contributed by atoms with Crippen LogP contribution in [0.4, 0.5) is 17.3 Å². The molecule has 2 aromatic carbocycles. The molecule has 7 nitrogen and oxygen atoms in total. The highest BCUT2D eigenvalue weighted by Crippen LogP contribution is 2.35. The Hall–Kier alpha value is -3.81. The highest BCUT2D eigenvalue weighted by Gasteiger charge is 2.16. The van der Waals surface area contributed by atoms with Gasteiger partial charge in [-0.3, -0.25) is 0 Å². The van der Waals surface area contributed by atoms with Crippen molar-refractivity contribution in [2.75, 3.05) is 11.1 Å². The molecule has 3 rings (SSSR count). The number of anilines is 3. The van der Waals surface area contributed by atoms with Gasteiger partial charge in [0.25, 0.3) is 0 Å². The number of nitriles is 2. The number of nitrogen functional groups attached to an aromatic ring is 1. The summed E-state index contributed by atoms with van der Waals surface area (Å²) < 4.78 is 5.91. The molecule has 0 saturated carbocycles. The predicted octanol–water partition coefficient (Wildman–Crippen LogP) is 4.61. The third-order valence-electron chi connectivity index (χ3n) is 3.92. The Bertz CT molecular complexity index is 1110. The van der Waals surface area contributed by atoms with Gasteiger partial charge in [0.2, 0.25) is 11.8 Å². The molecule has 8 heteroatoms. The minimum Gasteiger partial charge on any atom is -0.436 e. The number of halogens is 1. The van der Waals surface area contributed by atoms with Gasteiger partial charge in [0.05, 0.1) is 23.3 Å². The molecule has 0 saturated heterocycles. The lowest BCUT2D eigenvalue weighted by Gasteiger charge is -2.14. The molecule has 0 fully saturated rings. The van der Waals surface area contributed by atoms with E-state index in [4.69, 9.17) is 32.6 Å². The van der Waals surface area contributed by atoms with Gasteiger partial charge >= 0.3 is 0 Å². The van der Waals surface area contributed by atoms with Gasteiger partial charge in [-0.05, 0) is 61.4 Å². The zero-order valence-electron chi connectivity index (χ0n) is 15.1. The van der Waals surface area contributed by atoms with Crippen molar-refractivity contribution >= 4 is 28.9 Å². The molecule has 0 aliphatic heterocycles. The van der Waals surface area contributed by atoms with Crippen LogP contribution in [0.15, 0.2) is 36.4 Å². The van der Waals surface area contributed by atoms with Crippen LogP contribution in [-0.4, -0.2) is 9.97 Å². The first-order valence-electron chi connectivity index (χ1n) is 8.20. The summed E-state index contributed by atoms with van der Waals surface area (Å²) in [5, 5.41) is 21.0. The Balaban J connectivity index is 1.94. The molecule has 0 amide bonds. The molecule has 1 aromatic heterocycles. The Morgan fingerprint density at radius 1 is 1.00 bits per heavy atom. The van der Waals surface area contributed by atoms with E-state index in [1.54, 1.807) is 36.4 Å². The number of ether oxygens (including phenoxy) is 1.